The summed E-state index contributed by atoms with van der Waals surface area (Å²) in [5, 5.41) is 6.44. The van der Waals surface area contributed by atoms with Gasteiger partial charge in [-0.05, 0) is 46.3 Å². The molecule has 0 aliphatic carbocycles. The van der Waals surface area contributed by atoms with Crippen molar-refractivity contribution in [2.24, 2.45) is 0 Å². The smallest absolute Gasteiger partial charge is 0.224 e. The number of nitrogens with one attached hydrogen (secondary N) is 2. The maximum absolute atomic E-state index is 4.42. The van der Waals surface area contributed by atoms with Crippen molar-refractivity contribution in [2.75, 3.05) is 37.3 Å². The van der Waals surface area contributed by atoms with E-state index in [1.54, 1.807) is 0 Å². The number of aryl methyl sites for hydroxylation is 1. The Kier molecular flexibility index (Phi) is 7.30. The van der Waals surface area contributed by atoms with Gasteiger partial charge in [-0.3, -0.25) is 0 Å². The summed E-state index contributed by atoms with van der Waals surface area (Å²) in [5.41, 5.74) is 0.974. The van der Waals surface area contributed by atoms with Crippen molar-refractivity contribution in [2.45, 2.75) is 46.6 Å². The lowest BCUT2D eigenvalue weighted by Crippen LogP contribution is -2.25. The van der Waals surface area contributed by atoms with Crippen molar-refractivity contribution in [3.8, 4) is 0 Å². The van der Waals surface area contributed by atoms with Crippen molar-refractivity contribution in [3.63, 3.8) is 0 Å². The zero-order chi connectivity index (χ0) is 15.0. The van der Waals surface area contributed by atoms with E-state index in [9.17, 15) is 0 Å². The Bertz CT molecular complexity index is 390. The number of rotatable bonds is 9. The van der Waals surface area contributed by atoms with Crippen LogP contribution in [-0.4, -0.2) is 47.6 Å². The summed E-state index contributed by atoms with van der Waals surface area (Å²) in [6, 6.07) is 2.41. The van der Waals surface area contributed by atoms with Crippen LogP contribution in [0.2, 0.25) is 0 Å². The van der Waals surface area contributed by atoms with Crippen molar-refractivity contribution in [1.29, 1.82) is 0 Å². The van der Waals surface area contributed by atoms with Gasteiger partial charge >= 0.3 is 0 Å². The van der Waals surface area contributed by atoms with Crippen LogP contribution in [0, 0.1) is 6.92 Å². The Hall–Kier alpha value is -1.36. The molecular weight excluding hydrogens is 250 g/mol. The first-order valence-corrected chi connectivity index (χ1v) is 7.61. The van der Waals surface area contributed by atoms with Crippen LogP contribution in [0.1, 0.15) is 39.3 Å². The van der Waals surface area contributed by atoms with Crippen molar-refractivity contribution >= 4 is 11.8 Å². The highest BCUT2D eigenvalue weighted by molar-refractivity contribution is 5.42. The molecule has 1 aromatic heterocycles. The first-order chi connectivity index (χ1) is 9.58. The maximum Gasteiger partial charge on any atom is 0.224 e. The SMILES string of the molecule is CCN(CC)CCCC(C)Nc1cc(C)nc(NC)n1. The lowest BCUT2D eigenvalue weighted by Gasteiger charge is -2.20. The second-order valence-corrected chi connectivity index (χ2v) is 5.18. The Morgan fingerprint density at radius 1 is 1.25 bits per heavy atom. The van der Waals surface area contributed by atoms with E-state index in [1.165, 1.54) is 13.0 Å². The molecule has 0 fully saturated rings. The van der Waals surface area contributed by atoms with Gasteiger partial charge in [0.2, 0.25) is 5.95 Å². The van der Waals surface area contributed by atoms with E-state index >= 15 is 0 Å². The summed E-state index contributed by atoms with van der Waals surface area (Å²) in [7, 11) is 1.84. The third-order valence-electron chi connectivity index (χ3n) is 3.48. The van der Waals surface area contributed by atoms with Crippen LogP contribution in [0.15, 0.2) is 6.07 Å². The van der Waals surface area contributed by atoms with E-state index in [1.807, 2.05) is 20.0 Å². The van der Waals surface area contributed by atoms with Crippen molar-refractivity contribution in [1.82, 2.24) is 14.9 Å². The van der Waals surface area contributed by atoms with Gasteiger partial charge in [0.05, 0.1) is 0 Å². The molecule has 5 nitrogen and oxygen atoms in total. The summed E-state index contributed by atoms with van der Waals surface area (Å²) in [6.07, 6.45) is 2.35. The van der Waals surface area contributed by atoms with E-state index in [-0.39, 0.29) is 0 Å². The van der Waals surface area contributed by atoms with Gasteiger partial charge < -0.3 is 15.5 Å². The fourth-order valence-electron chi connectivity index (χ4n) is 2.24. The van der Waals surface area contributed by atoms with Crippen LogP contribution in [0.4, 0.5) is 11.8 Å². The minimum atomic E-state index is 0.421. The fourth-order valence-corrected chi connectivity index (χ4v) is 2.24. The first-order valence-electron chi connectivity index (χ1n) is 7.61. The van der Waals surface area contributed by atoms with E-state index in [0.717, 1.165) is 31.0 Å². The molecule has 5 heteroatoms. The highest BCUT2D eigenvalue weighted by Crippen LogP contribution is 2.12. The average molecular weight is 279 g/mol. The molecule has 1 rings (SSSR count). The summed E-state index contributed by atoms with van der Waals surface area (Å²) in [5.74, 6) is 1.57. The van der Waals surface area contributed by atoms with Crippen LogP contribution in [0.25, 0.3) is 0 Å². The first kappa shape index (κ1) is 16.7. The third-order valence-corrected chi connectivity index (χ3v) is 3.48. The second kappa shape index (κ2) is 8.74. The van der Waals surface area contributed by atoms with Crippen LogP contribution in [-0.2, 0) is 0 Å². The van der Waals surface area contributed by atoms with E-state index in [0.29, 0.717) is 12.0 Å². The molecule has 0 amide bonds. The molecule has 1 atom stereocenters. The third kappa shape index (κ3) is 5.74. The highest BCUT2D eigenvalue weighted by Gasteiger charge is 2.06. The molecule has 0 spiro atoms. The molecule has 0 bridgehead atoms. The van der Waals surface area contributed by atoms with Gasteiger partial charge in [0.15, 0.2) is 0 Å². The number of aromatic nitrogens is 2. The molecular formula is C15H29N5. The zero-order valence-electron chi connectivity index (χ0n) is 13.5. The summed E-state index contributed by atoms with van der Waals surface area (Å²) in [4.78, 5) is 11.2. The highest BCUT2D eigenvalue weighted by atomic mass is 15.1. The van der Waals surface area contributed by atoms with Crippen molar-refractivity contribution < 1.29 is 0 Å². The van der Waals surface area contributed by atoms with E-state index in [2.05, 4.69) is 46.3 Å². The lowest BCUT2D eigenvalue weighted by molar-refractivity contribution is 0.295. The Morgan fingerprint density at radius 3 is 2.55 bits per heavy atom. The van der Waals surface area contributed by atoms with Gasteiger partial charge in [0.25, 0.3) is 0 Å². The molecule has 1 heterocycles. The van der Waals surface area contributed by atoms with E-state index < -0.39 is 0 Å². The van der Waals surface area contributed by atoms with Gasteiger partial charge in [-0.25, -0.2) is 4.98 Å². The van der Waals surface area contributed by atoms with E-state index in [4.69, 9.17) is 0 Å². The molecule has 0 aliphatic rings. The number of nitrogens with zero attached hydrogens (tertiary/aromatic N) is 3. The molecule has 0 saturated carbocycles. The molecule has 0 aromatic carbocycles. The van der Waals surface area contributed by atoms with Gasteiger partial charge in [-0.15, -0.1) is 0 Å². The lowest BCUT2D eigenvalue weighted by atomic mass is 10.1. The quantitative estimate of drug-likeness (QED) is 0.728. The zero-order valence-corrected chi connectivity index (χ0v) is 13.5. The summed E-state index contributed by atoms with van der Waals surface area (Å²) >= 11 is 0. The molecule has 114 valence electrons. The van der Waals surface area contributed by atoms with Gasteiger partial charge in [-0.2, -0.15) is 4.98 Å². The Morgan fingerprint density at radius 2 is 1.95 bits per heavy atom. The predicted molar refractivity (Wildman–Crippen MR) is 86.4 cm³/mol. The molecule has 1 aromatic rings. The molecule has 0 radical (unpaired) electrons. The molecule has 2 N–H and O–H groups in total. The minimum Gasteiger partial charge on any atom is -0.367 e. The van der Waals surface area contributed by atoms with Crippen LogP contribution in [0.5, 0.6) is 0 Å². The van der Waals surface area contributed by atoms with Gasteiger partial charge in [0, 0.05) is 24.8 Å². The van der Waals surface area contributed by atoms with Crippen LogP contribution >= 0.6 is 0 Å². The monoisotopic (exact) mass is 279 g/mol. The van der Waals surface area contributed by atoms with Gasteiger partial charge in [0.1, 0.15) is 5.82 Å². The topological polar surface area (TPSA) is 53.1 Å². The molecule has 1 unspecified atom stereocenters. The number of hydrogen-bond acceptors (Lipinski definition) is 5. The fraction of sp³-hybridized carbons (Fsp3) is 0.733. The molecule has 0 aliphatic heterocycles. The standard InChI is InChI=1S/C15H29N5/c1-6-20(7-2)10-8-9-12(3)17-14-11-13(4)18-15(16-5)19-14/h11-12H,6-10H2,1-5H3,(H2,16,17,18,19). The van der Waals surface area contributed by atoms with Gasteiger partial charge in [-0.1, -0.05) is 13.8 Å². The second-order valence-electron chi connectivity index (χ2n) is 5.18. The van der Waals surface area contributed by atoms with Crippen LogP contribution in [0.3, 0.4) is 0 Å². The predicted octanol–water partition coefficient (Wildman–Crippen LogP) is 2.75. The average Bonchev–Trinajstić information content (AvgIpc) is 2.42. The minimum absolute atomic E-state index is 0.421. The molecule has 0 saturated heterocycles. The van der Waals surface area contributed by atoms with Crippen LogP contribution < -0.4 is 10.6 Å². The number of hydrogen-bond donors (Lipinski definition) is 2. The largest absolute Gasteiger partial charge is 0.367 e. The van der Waals surface area contributed by atoms with Crippen molar-refractivity contribution in [3.05, 3.63) is 11.8 Å². The summed E-state index contributed by atoms with van der Waals surface area (Å²) in [6.45, 7) is 12.1. The Balaban J connectivity index is 2.42. The molecule has 20 heavy (non-hydrogen) atoms. The summed E-state index contributed by atoms with van der Waals surface area (Å²) < 4.78 is 0. The maximum atomic E-state index is 4.42. The Labute approximate surface area is 123 Å². The number of anilines is 2. The normalized spacial score (nSPS) is 12.5.